The van der Waals surface area contributed by atoms with Gasteiger partial charge in [0.15, 0.2) is 0 Å². The predicted octanol–water partition coefficient (Wildman–Crippen LogP) is 4.48. The average Bonchev–Trinajstić information content (AvgIpc) is 2.72. The molecule has 144 valence electrons. The maximum absolute atomic E-state index is 12.5. The van der Waals surface area contributed by atoms with E-state index in [2.05, 4.69) is 0 Å². The summed E-state index contributed by atoms with van der Waals surface area (Å²) < 4.78 is 0.754. The van der Waals surface area contributed by atoms with E-state index in [1.54, 1.807) is 66.8 Å². The molecule has 8 heteroatoms. The predicted molar refractivity (Wildman–Crippen MR) is 109 cm³/mol. The van der Waals surface area contributed by atoms with Crippen molar-refractivity contribution in [2.45, 2.75) is 0 Å². The van der Waals surface area contributed by atoms with Gasteiger partial charge in [-0.05, 0) is 53.6 Å². The highest BCUT2D eigenvalue weighted by atomic mass is 16.6. The van der Waals surface area contributed by atoms with Crippen LogP contribution in [0.3, 0.4) is 0 Å². The molecule has 1 aromatic heterocycles. The molecule has 0 atom stereocenters. The van der Waals surface area contributed by atoms with Crippen LogP contribution < -0.4 is 4.73 Å². The molecule has 0 aliphatic rings. The number of non-ortho nitro benzene ring substituents is 2. The lowest BCUT2D eigenvalue weighted by Crippen LogP contribution is -2.33. The molecule has 0 unspecified atom stereocenters. The third-order valence-electron chi connectivity index (χ3n) is 4.10. The standard InChI is InChI=1S/C21H15N3O5/c25-22-18(10-4-16-6-12-20(13-7-16)23(26)27)2-1-3-19(22)11-5-17-8-14-21(15-9-17)24(28)29/h1-15H/b10-4-,11-5+. The van der Waals surface area contributed by atoms with Crippen LogP contribution in [0.1, 0.15) is 22.5 Å². The Morgan fingerprint density at radius 3 is 1.34 bits per heavy atom. The number of hydrogen-bond acceptors (Lipinski definition) is 5. The molecule has 2 aromatic carbocycles. The number of nitro benzene ring substituents is 2. The first kappa shape index (κ1) is 19.4. The highest BCUT2D eigenvalue weighted by molar-refractivity contribution is 5.69. The fourth-order valence-corrected chi connectivity index (χ4v) is 2.55. The van der Waals surface area contributed by atoms with E-state index in [0.717, 1.165) is 15.9 Å². The van der Waals surface area contributed by atoms with Crippen LogP contribution in [0.5, 0.6) is 0 Å². The zero-order chi connectivity index (χ0) is 20.8. The van der Waals surface area contributed by atoms with Crippen molar-refractivity contribution in [1.82, 2.24) is 0 Å². The number of nitrogens with zero attached hydrogens (tertiary/aromatic N) is 3. The summed E-state index contributed by atoms with van der Waals surface area (Å²) in [5.41, 5.74) is 2.24. The lowest BCUT2D eigenvalue weighted by atomic mass is 10.1. The maximum atomic E-state index is 12.5. The summed E-state index contributed by atoms with van der Waals surface area (Å²) in [5.74, 6) is 0. The number of benzene rings is 2. The minimum absolute atomic E-state index is 0.000539. The Hall–Kier alpha value is -4.33. The molecule has 0 saturated heterocycles. The van der Waals surface area contributed by atoms with Crippen molar-refractivity contribution in [3.63, 3.8) is 0 Å². The molecule has 0 aliphatic heterocycles. The summed E-state index contributed by atoms with van der Waals surface area (Å²) >= 11 is 0. The van der Waals surface area contributed by atoms with Gasteiger partial charge in [0.1, 0.15) is 0 Å². The summed E-state index contributed by atoms with van der Waals surface area (Å²) in [6.07, 6.45) is 6.63. The van der Waals surface area contributed by atoms with Crippen LogP contribution in [0, 0.1) is 25.4 Å². The van der Waals surface area contributed by atoms with Crippen LogP contribution in [0.4, 0.5) is 11.4 Å². The van der Waals surface area contributed by atoms with Gasteiger partial charge in [0.25, 0.3) is 11.4 Å². The second kappa shape index (κ2) is 8.57. The van der Waals surface area contributed by atoms with Crippen LogP contribution >= 0.6 is 0 Å². The van der Waals surface area contributed by atoms with Gasteiger partial charge in [-0.3, -0.25) is 20.2 Å². The Kier molecular flexibility index (Phi) is 5.74. The van der Waals surface area contributed by atoms with Crippen molar-refractivity contribution in [3.05, 3.63) is 115 Å². The fraction of sp³-hybridized carbons (Fsp3) is 0. The topological polar surface area (TPSA) is 113 Å². The molecule has 0 radical (unpaired) electrons. The first-order valence-corrected chi connectivity index (χ1v) is 8.52. The molecule has 0 spiro atoms. The zero-order valence-electron chi connectivity index (χ0n) is 15.0. The van der Waals surface area contributed by atoms with Crippen LogP contribution in [-0.4, -0.2) is 9.85 Å². The van der Waals surface area contributed by atoms with Gasteiger partial charge in [0.05, 0.1) is 9.85 Å². The first-order valence-electron chi connectivity index (χ1n) is 8.52. The Labute approximate surface area is 165 Å². The van der Waals surface area contributed by atoms with Crippen molar-refractivity contribution >= 4 is 35.7 Å². The molecule has 0 fully saturated rings. The quantitative estimate of drug-likeness (QED) is 0.267. The second-order valence-electron chi connectivity index (χ2n) is 6.03. The number of aromatic nitrogens is 1. The van der Waals surface area contributed by atoms with Gasteiger partial charge in [-0.1, -0.05) is 0 Å². The van der Waals surface area contributed by atoms with E-state index in [9.17, 15) is 25.4 Å². The average molecular weight is 389 g/mol. The van der Waals surface area contributed by atoms with Crippen LogP contribution in [-0.2, 0) is 0 Å². The molecule has 0 saturated carbocycles. The largest absolute Gasteiger partial charge is 0.618 e. The molecule has 29 heavy (non-hydrogen) atoms. The molecular formula is C21H15N3O5. The Morgan fingerprint density at radius 2 is 1.00 bits per heavy atom. The van der Waals surface area contributed by atoms with Crippen molar-refractivity contribution in [1.29, 1.82) is 0 Å². The smallest absolute Gasteiger partial charge is 0.269 e. The molecule has 8 nitrogen and oxygen atoms in total. The van der Waals surface area contributed by atoms with Gasteiger partial charge in [-0.15, -0.1) is 0 Å². The minimum atomic E-state index is -0.472. The molecule has 3 aromatic rings. The summed E-state index contributed by atoms with van der Waals surface area (Å²) in [4.78, 5) is 20.4. The monoisotopic (exact) mass is 389 g/mol. The highest BCUT2D eigenvalue weighted by Gasteiger charge is 2.07. The van der Waals surface area contributed by atoms with E-state index in [0.29, 0.717) is 11.4 Å². The molecular weight excluding hydrogens is 374 g/mol. The minimum Gasteiger partial charge on any atom is -0.618 e. The molecule has 0 amide bonds. The first-order chi connectivity index (χ1) is 13.9. The summed E-state index contributed by atoms with van der Waals surface area (Å²) in [7, 11) is 0. The zero-order valence-corrected chi connectivity index (χ0v) is 15.0. The van der Waals surface area contributed by atoms with E-state index >= 15 is 0 Å². The van der Waals surface area contributed by atoms with Crippen LogP contribution in [0.15, 0.2) is 66.7 Å². The molecule has 0 N–H and O–H groups in total. The van der Waals surface area contributed by atoms with E-state index in [4.69, 9.17) is 0 Å². The number of pyridine rings is 1. The highest BCUT2D eigenvalue weighted by Crippen LogP contribution is 2.15. The van der Waals surface area contributed by atoms with Gasteiger partial charge in [0, 0.05) is 48.6 Å². The van der Waals surface area contributed by atoms with Crippen molar-refractivity contribution in [2.75, 3.05) is 0 Å². The van der Waals surface area contributed by atoms with E-state index in [-0.39, 0.29) is 11.4 Å². The van der Waals surface area contributed by atoms with Gasteiger partial charge >= 0.3 is 0 Å². The lowest BCUT2D eigenvalue weighted by molar-refractivity contribution is -0.609. The summed E-state index contributed by atoms with van der Waals surface area (Å²) in [6.45, 7) is 0. The number of rotatable bonds is 6. The maximum Gasteiger partial charge on any atom is 0.269 e. The van der Waals surface area contributed by atoms with Gasteiger partial charge in [-0.25, -0.2) is 0 Å². The third-order valence-corrected chi connectivity index (χ3v) is 4.10. The van der Waals surface area contributed by atoms with E-state index in [1.807, 2.05) is 0 Å². The number of hydrogen-bond donors (Lipinski definition) is 0. The Balaban J connectivity index is 1.78. The van der Waals surface area contributed by atoms with Crippen molar-refractivity contribution < 1.29 is 14.6 Å². The molecule has 1 heterocycles. The fourth-order valence-electron chi connectivity index (χ4n) is 2.55. The Morgan fingerprint density at radius 1 is 0.621 bits per heavy atom. The van der Waals surface area contributed by atoms with Crippen LogP contribution in [0.2, 0.25) is 0 Å². The van der Waals surface area contributed by atoms with Crippen molar-refractivity contribution in [3.8, 4) is 0 Å². The van der Waals surface area contributed by atoms with Gasteiger partial charge in [0.2, 0.25) is 11.4 Å². The molecule has 0 bridgehead atoms. The summed E-state index contributed by atoms with van der Waals surface area (Å²) in [5, 5.41) is 33.9. The van der Waals surface area contributed by atoms with Crippen LogP contribution in [0.25, 0.3) is 24.3 Å². The summed E-state index contributed by atoms with van der Waals surface area (Å²) in [6, 6.07) is 17.0. The SMILES string of the molecule is O=[N+]([O-])c1ccc(/C=C\c2cccc(/C=C/c3ccc([N+](=O)[O-])cc3)[n+]2[O-])cc1. The van der Waals surface area contributed by atoms with E-state index in [1.165, 1.54) is 24.3 Å². The third kappa shape index (κ3) is 4.89. The lowest BCUT2D eigenvalue weighted by Gasteiger charge is -2.04. The second-order valence-corrected chi connectivity index (χ2v) is 6.03. The molecule has 3 rings (SSSR count). The van der Waals surface area contributed by atoms with Gasteiger partial charge in [-0.2, -0.15) is 4.73 Å². The van der Waals surface area contributed by atoms with Gasteiger partial charge < -0.3 is 5.21 Å². The Bertz CT molecular complexity index is 1020. The number of nitro groups is 2. The van der Waals surface area contributed by atoms with E-state index < -0.39 is 9.85 Å². The van der Waals surface area contributed by atoms with Crippen molar-refractivity contribution in [2.24, 2.45) is 0 Å². The normalized spacial score (nSPS) is 11.2. The molecule has 0 aliphatic carbocycles.